The summed E-state index contributed by atoms with van der Waals surface area (Å²) >= 11 is 1.59. The van der Waals surface area contributed by atoms with Gasteiger partial charge >= 0.3 is 0 Å². The minimum absolute atomic E-state index is 0.273. The lowest BCUT2D eigenvalue weighted by molar-refractivity contribution is 0.111. The minimum atomic E-state index is 0.273. The topological polar surface area (TPSA) is 42.2 Å². The number of aromatic nitrogens is 1. The Labute approximate surface area is 95.5 Å². The Morgan fingerprint density at radius 1 is 1.31 bits per heavy atom. The third-order valence-corrected chi connectivity index (χ3v) is 3.88. The summed E-state index contributed by atoms with van der Waals surface area (Å²) in [5.41, 5.74) is 1.73. The van der Waals surface area contributed by atoms with Gasteiger partial charge in [0.05, 0.1) is 15.9 Å². The van der Waals surface area contributed by atoms with Crippen LogP contribution < -0.4 is 0 Å². The number of hydrogen-bond donors (Lipinski definition) is 1. The monoisotopic (exact) mass is 231 g/mol. The second-order valence-electron chi connectivity index (χ2n) is 3.74. The second-order valence-corrected chi connectivity index (χ2v) is 4.83. The van der Waals surface area contributed by atoms with Crippen LogP contribution >= 0.6 is 11.3 Å². The number of nitrogens with zero attached hydrogens (tertiary/aromatic N) is 1. The molecule has 0 radical (unpaired) electrons. The van der Waals surface area contributed by atoms with Crippen LogP contribution in [0.1, 0.15) is 10.5 Å². The fourth-order valence-electron chi connectivity index (χ4n) is 2.01. The molecule has 0 atom stereocenters. The highest BCUT2D eigenvalue weighted by Gasteiger charge is 2.11. The number of phenolic OH excluding ortho intramolecular Hbond substituents is 1. The number of aryl methyl sites for hydroxylation is 1. The zero-order valence-electron chi connectivity index (χ0n) is 8.60. The Morgan fingerprint density at radius 3 is 2.88 bits per heavy atom. The maximum absolute atomic E-state index is 10.8. The Hall–Kier alpha value is -1.81. The normalized spacial score (nSPS) is 11.3. The molecule has 2 heterocycles. The van der Waals surface area contributed by atoms with E-state index in [4.69, 9.17) is 0 Å². The molecule has 1 aromatic carbocycles. The summed E-state index contributed by atoms with van der Waals surface area (Å²) in [5, 5.41) is 10.5. The molecule has 0 fully saturated rings. The number of benzene rings is 1. The van der Waals surface area contributed by atoms with Crippen molar-refractivity contribution >= 4 is 37.9 Å². The number of hydrogen-bond acceptors (Lipinski definition) is 3. The zero-order valence-corrected chi connectivity index (χ0v) is 9.41. The second kappa shape index (κ2) is 3.09. The molecule has 3 rings (SSSR count). The van der Waals surface area contributed by atoms with Crippen molar-refractivity contribution in [2.45, 2.75) is 0 Å². The number of fused-ring (bicyclic) bond motifs is 3. The molecule has 3 nitrogen and oxygen atoms in total. The van der Waals surface area contributed by atoms with Crippen molar-refractivity contribution in [2.24, 2.45) is 7.05 Å². The Kier molecular flexibility index (Phi) is 1.82. The standard InChI is InChI=1S/C12H9NO2S/c1-13-7(6-14)4-11-12(13)9-3-2-8(15)5-10(9)16-11/h2-6,15H,1H3. The predicted octanol–water partition coefficient (Wildman–Crippen LogP) is 2.91. The first kappa shape index (κ1) is 9.42. The highest BCUT2D eigenvalue weighted by atomic mass is 32.1. The van der Waals surface area contributed by atoms with Crippen LogP contribution in [0.25, 0.3) is 20.3 Å². The molecular formula is C12H9NO2S. The van der Waals surface area contributed by atoms with Gasteiger partial charge in [-0.1, -0.05) is 0 Å². The quantitative estimate of drug-likeness (QED) is 0.654. The molecule has 0 aliphatic heterocycles. The van der Waals surface area contributed by atoms with Crippen LogP contribution in [0.5, 0.6) is 5.75 Å². The lowest BCUT2D eigenvalue weighted by Crippen LogP contribution is -1.92. The van der Waals surface area contributed by atoms with E-state index in [0.29, 0.717) is 5.69 Å². The van der Waals surface area contributed by atoms with Crippen molar-refractivity contribution in [1.82, 2.24) is 4.57 Å². The average Bonchev–Trinajstić information content (AvgIpc) is 2.75. The van der Waals surface area contributed by atoms with Gasteiger partial charge in [0.1, 0.15) is 5.75 Å². The van der Waals surface area contributed by atoms with Crippen molar-refractivity contribution in [1.29, 1.82) is 0 Å². The lowest BCUT2D eigenvalue weighted by Gasteiger charge is -1.97. The van der Waals surface area contributed by atoms with E-state index < -0.39 is 0 Å². The Bertz CT molecular complexity index is 709. The number of aromatic hydroxyl groups is 1. The first-order valence-corrected chi connectivity index (χ1v) is 5.68. The summed E-state index contributed by atoms with van der Waals surface area (Å²) < 4.78 is 4.00. The smallest absolute Gasteiger partial charge is 0.166 e. The molecule has 3 aromatic rings. The number of carbonyl (C=O) groups excluding carboxylic acids is 1. The van der Waals surface area contributed by atoms with E-state index in [1.165, 1.54) is 0 Å². The molecule has 0 aliphatic carbocycles. The number of carbonyl (C=O) groups is 1. The number of thiophene rings is 1. The third kappa shape index (κ3) is 1.10. The van der Waals surface area contributed by atoms with Crippen molar-refractivity contribution in [3.63, 3.8) is 0 Å². The molecule has 0 saturated carbocycles. The zero-order chi connectivity index (χ0) is 11.3. The highest BCUT2D eigenvalue weighted by Crippen LogP contribution is 2.36. The summed E-state index contributed by atoms with van der Waals surface area (Å²) in [4.78, 5) is 10.8. The molecule has 4 heteroatoms. The van der Waals surface area contributed by atoms with Gasteiger partial charge in [0.25, 0.3) is 0 Å². The van der Waals surface area contributed by atoms with Gasteiger partial charge in [-0.15, -0.1) is 11.3 Å². The maximum Gasteiger partial charge on any atom is 0.166 e. The van der Waals surface area contributed by atoms with Gasteiger partial charge in [0.2, 0.25) is 0 Å². The summed E-state index contributed by atoms with van der Waals surface area (Å²) in [6, 6.07) is 7.19. The first-order chi connectivity index (χ1) is 7.70. The molecule has 16 heavy (non-hydrogen) atoms. The van der Waals surface area contributed by atoms with Crippen LogP contribution in [-0.2, 0) is 7.05 Å². The van der Waals surface area contributed by atoms with E-state index in [0.717, 1.165) is 26.6 Å². The molecule has 0 bridgehead atoms. The van der Waals surface area contributed by atoms with Gasteiger partial charge in [-0.05, 0) is 24.3 Å². The van der Waals surface area contributed by atoms with Crippen LogP contribution in [0.4, 0.5) is 0 Å². The van der Waals surface area contributed by atoms with Gasteiger partial charge in [-0.2, -0.15) is 0 Å². The molecule has 1 N–H and O–H groups in total. The van der Waals surface area contributed by atoms with Crippen molar-refractivity contribution in [2.75, 3.05) is 0 Å². The molecule has 0 spiro atoms. The van der Waals surface area contributed by atoms with E-state index in [1.807, 2.05) is 23.7 Å². The highest BCUT2D eigenvalue weighted by molar-refractivity contribution is 7.25. The molecule has 0 aliphatic rings. The summed E-state index contributed by atoms with van der Waals surface area (Å²) in [5.74, 6) is 0.273. The fraction of sp³-hybridized carbons (Fsp3) is 0.0833. The first-order valence-electron chi connectivity index (χ1n) is 4.87. The van der Waals surface area contributed by atoms with Gasteiger partial charge in [0, 0.05) is 17.1 Å². The summed E-state index contributed by atoms with van der Waals surface area (Å²) in [7, 11) is 1.88. The Morgan fingerprint density at radius 2 is 2.12 bits per heavy atom. The van der Waals surface area contributed by atoms with Gasteiger partial charge in [-0.25, -0.2) is 0 Å². The number of rotatable bonds is 1. The van der Waals surface area contributed by atoms with Crippen molar-refractivity contribution in [3.05, 3.63) is 30.0 Å². The number of phenols is 1. The average molecular weight is 231 g/mol. The van der Waals surface area contributed by atoms with Crippen LogP contribution in [0, 0.1) is 0 Å². The van der Waals surface area contributed by atoms with Gasteiger partial charge in [-0.3, -0.25) is 4.79 Å². The van der Waals surface area contributed by atoms with E-state index in [2.05, 4.69) is 0 Å². The summed E-state index contributed by atoms with van der Waals surface area (Å²) in [6.07, 6.45) is 0.860. The number of aldehydes is 1. The van der Waals surface area contributed by atoms with Crippen LogP contribution in [0.3, 0.4) is 0 Å². The predicted molar refractivity (Wildman–Crippen MR) is 65.4 cm³/mol. The Balaban J connectivity index is 2.51. The lowest BCUT2D eigenvalue weighted by atomic mass is 10.2. The maximum atomic E-state index is 10.8. The minimum Gasteiger partial charge on any atom is -0.508 e. The molecule has 0 unspecified atom stereocenters. The van der Waals surface area contributed by atoms with Crippen LogP contribution in [0.2, 0.25) is 0 Å². The van der Waals surface area contributed by atoms with E-state index in [9.17, 15) is 9.90 Å². The third-order valence-electron chi connectivity index (χ3n) is 2.80. The molecular weight excluding hydrogens is 222 g/mol. The van der Waals surface area contributed by atoms with Crippen LogP contribution in [0.15, 0.2) is 24.3 Å². The van der Waals surface area contributed by atoms with E-state index in [1.54, 1.807) is 23.5 Å². The van der Waals surface area contributed by atoms with E-state index >= 15 is 0 Å². The fourth-order valence-corrected chi connectivity index (χ4v) is 3.22. The molecule has 2 aromatic heterocycles. The summed E-state index contributed by atoms with van der Waals surface area (Å²) in [6.45, 7) is 0. The molecule has 80 valence electrons. The van der Waals surface area contributed by atoms with Crippen LogP contribution in [-0.4, -0.2) is 16.0 Å². The largest absolute Gasteiger partial charge is 0.508 e. The van der Waals surface area contributed by atoms with Gasteiger partial charge in [0.15, 0.2) is 6.29 Å². The molecule has 0 saturated heterocycles. The van der Waals surface area contributed by atoms with E-state index in [-0.39, 0.29) is 5.75 Å². The SMILES string of the molecule is Cn1c(C=O)cc2sc3cc(O)ccc3c21. The van der Waals surface area contributed by atoms with Crippen molar-refractivity contribution < 1.29 is 9.90 Å². The molecule has 0 amide bonds. The van der Waals surface area contributed by atoms with Crippen molar-refractivity contribution in [3.8, 4) is 5.75 Å². The van der Waals surface area contributed by atoms with Gasteiger partial charge < -0.3 is 9.67 Å².